The predicted octanol–water partition coefficient (Wildman–Crippen LogP) is 1.27. The third-order valence-corrected chi connectivity index (χ3v) is 10.00. The van der Waals surface area contributed by atoms with E-state index in [4.69, 9.17) is 20.9 Å². The van der Waals surface area contributed by atoms with Gasteiger partial charge < -0.3 is 25.8 Å². The number of likely N-dealkylation sites (tertiary alicyclic amines) is 1. The summed E-state index contributed by atoms with van der Waals surface area (Å²) < 4.78 is 38.7. The molecule has 0 aromatic carbocycles. The van der Waals surface area contributed by atoms with E-state index >= 15 is 0 Å². The van der Waals surface area contributed by atoms with Crippen LogP contribution >= 0.6 is 0 Å². The number of nitrogens with one attached hydrogen (secondary N) is 1. The Morgan fingerprint density at radius 3 is 2.08 bits per heavy atom. The molecule has 38 heavy (non-hydrogen) atoms. The Labute approximate surface area is 225 Å². The average molecular weight is 561 g/mol. The van der Waals surface area contributed by atoms with Crippen molar-refractivity contribution in [1.82, 2.24) is 9.62 Å². The molecule has 12 nitrogen and oxygen atoms in total. The molecule has 2 fully saturated rings. The lowest BCUT2D eigenvalue weighted by Crippen LogP contribution is -2.51. The molecular weight excluding hydrogens is 516 g/mol. The Balaban J connectivity index is 2.28. The van der Waals surface area contributed by atoms with Crippen molar-refractivity contribution < 1.29 is 37.1 Å². The number of rotatable bonds is 12. The molecule has 3 amide bonds. The van der Waals surface area contributed by atoms with E-state index in [0.717, 1.165) is 0 Å². The van der Waals surface area contributed by atoms with Crippen LogP contribution in [0.15, 0.2) is 0 Å². The average Bonchev–Trinajstić information content (AvgIpc) is 3.60. The lowest BCUT2D eigenvalue weighted by Gasteiger charge is -2.37. The van der Waals surface area contributed by atoms with Gasteiger partial charge in [0.15, 0.2) is 0 Å². The van der Waals surface area contributed by atoms with Crippen LogP contribution in [0.25, 0.3) is 0 Å². The predicted molar refractivity (Wildman–Crippen MR) is 140 cm³/mol. The van der Waals surface area contributed by atoms with Crippen molar-refractivity contribution in [2.45, 2.75) is 84.0 Å². The van der Waals surface area contributed by atoms with E-state index in [1.807, 2.05) is 0 Å². The first-order chi connectivity index (χ1) is 17.5. The number of hydrogen-bond acceptors (Lipinski definition) is 8. The lowest BCUT2D eigenvalue weighted by atomic mass is 9.72. The van der Waals surface area contributed by atoms with Gasteiger partial charge in [0.2, 0.25) is 21.8 Å². The minimum absolute atomic E-state index is 0.0606. The van der Waals surface area contributed by atoms with Gasteiger partial charge in [-0.25, -0.2) is 17.9 Å². The largest absolute Gasteiger partial charge is 0.469 e. The highest BCUT2D eigenvalue weighted by molar-refractivity contribution is 7.90. The highest BCUT2D eigenvalue weighted by Crippen LogP contribution is 2.63. The van der Waals surface area contributed by atoms with Crippen LogP contribution in [-0.4, -0.2) is 74.8 Å². The number of nitrogens with two attached hydrogens (primary N) is 2. The molecule has 13 heteroatoms. The van der Waals surface area contributed by atoms with Gasteiger partial charge >= 0.3 is 12.1 Å². The van der Waals surface area contributed by atoms with Gasteiger partial charge in [0.25, 0.3) is 0 Å². The summed E-state index contributed by atoms with van der Waals surface area (Å²) in [6, 6.07) is 0. The van der Waals surface area contributed by atoms with E-state index in [-0.39, 0.29) is 31.4 Å². The van der Waals surface area contributed by atoms with Gasteiger partial charge in [-0.15, -0.1) is 0 Å². The van der Waals surface area contributed by atoms with Crippen molar-refractivity contribution in [3.63, 3.8) is 0 Å². The first kappa shape index (κ1) is 31.8. The molecule has 218 valence electrons. The Morgan fingerprint density at radius 2 is 1.66 bits per heavy atom. The van der Waals surface area contributed by atoms with Gasteiger partial charge in [-0.1, -0.05) is 6.92 Å². The van der Waals surface area contributed by atoms with Gasteiger partial charge in [0.05, 0.1) is 17.8 Å². The Kier molecular flexibility index (Phi) is 9.85. The Morgan fingerprint density at radius 1 is 1.11 bits per heavy atom. The van der Waals surface area contributed by atoms with Gasteiger partial charge in [0.1, 0.15) is 11.0 Å². The van der Waals surface area contributed by atoms with E-state index < -0.39 is 55.4 Å². The smallest absolute Gasteiger partial charge is 0.410 e. The van der Waals surface area contributed by atoms with Gasteiger partial charge in [-0.05, 0) is 72.1 Å². The zero-order chi connectivity index (χ0) is 29.1. The molecule has 3 atom stereocenters. The Bertz CT molecular complexity index is 1000. The molecule has 1 saturated heterocycles. The minimum Gasteiger partial charge on any atom is -0.469 e. The number of esters is 1. The van der Waals surface area contributed by atoms with Gasteiger partial charge in [0, 0.05) is 25.6 Å². The Hall–Kier alpha value is -2.41. The first-order valence-electron chi connectivity index (χ1n) is 13.1. The number of amides is 3. The van der Waals surface area contributed by atoms with Crippen LogP contribution in [0.3, 0.4) is 0 Å². The van der Waals surface area contributed by atoms with Crippen LogP contribution in [-0.2, 0) is 33.9 Å². The van der Waals surface area contributed by atoms with Crippen LogP contribution < -0.4 is 16.2 Å². The number of primary amides is 2. The summed E-state index contributed by atoms with van der Waals surface area (Å²) in [5, 5.41) is -0.716. The number of hydrogen-bond donors (Lipinski definition) is 3. The molecule has 1 aliphatic heterocycles. The maximum atomic E-state index is 13.3. The molecular formula is C25H44N4O8S. The second-order valence-corrected chi connectivity index (χ2v) is 13.8. The summed E-state index contributed by atoms with van der Waals surface area (Å²) in [7, 11) is -2.61. The molecule has 5 N–H and O–H groups in total. The number of carbonyl (C=O) groups is 4. The van der Waals surface area contributed by atoms with Crippen LogP contribution in [0.2, 0.25) is 0 Å². The molecule has 1 heterocycles. The second-order valence-electron chi connectivity index (χ2n) is 11.6. The summed E-state index contributed by atoms with van der Waals surface area (Å²) in [5.74, 6) is -3.42. The fourth-order valence-corrected chi connectivity index (χ4v) is 6.47. The molecule has 2 rings (SSSR count). The van der Waals surface area contributed by atoms with Crippen molar-refractivity contribution in [3.8, 4) is 0 Å². The molecule has 0 spiro atoms. The molecule has 1 saturated carbocycles. The lowest BCUT2D eigenvalue weighted by molar-refractivity contribution is -0.156. The van der Waals surface area contributed by atoms with Crippen molar-refractivity contribution in [2.24, 2.45) is 34.1 Å². The molecule has 0 radical (unpaired) electrons. The normalized spacial score (nSPS) is 22.2. The van der Waals surface area contributed by atoms with Crippen molar-refractivity contribution in [2.75, 3.05) is 26.7 Å². The summed E-state index contributed by atoms with van der Waals surface area (Å²) in [5.41, 5.74) is 7.24. The number of ether oxygens (including phenoxy) is 2. The zero-order valence-corrected chi connectivity index (χ0v) is 24.2. The standard InChI is InChI=1S/C25H44N4O8S/c1-7-16(2)38(34,35)28-15-24(21(32)36-6,18-14-25(18,19(26)30)20(27)31)11-8-17-9-12-29(13-10-17)22(33)37-23(3,4)5/h16-18,28H,7-15H2,1-6H3,(H2,26,30)(H2,27,31)/t16-,18?,24+/m0/s1. The van der Waals surface area contributed by atoms with Crippen LogP contribution in [0.5, 0.6) is 0 Å². The molecule has 0 aromatic heterocycles. The van der Waals surface area contributed by atoms with Gasteiger partial charge in [-0.2, -0.15) is 0 Å². The number of carbonyl (C=O) groups excluding carboxylic acids is 4. The fraction of sp³-hybridized carbons (Fsp3) is 0.840. The highest BCUT2D eigenvalue weighted by Gasteiger charge is 2.73. The topological polar surface area (TPSA) is 188 Å². The van der Waals surface area contributed by atoms with E-state index in [9.17, 15) is 27.6 Å². The van der Waals surface area contributed by atoms with E-state index in [1.165, 1.54) is 7.11 Å². The van der Waals surface area contributed by atoms with E-state index in [1.54, 1.807) is 39.5 Å². The molecule has 2 aliphatic rings. The maximum Gasteiger partial charge on any atom is 0.410 e. The van der Waals surface area contributed by atoms with Crippen LogP contribution in [0.4, 0.5) is 4.79 Å². The van der Waals surface area contributed by atoms with E-state index in [0.29, 0.717) is 38.8 Å². The zero-order valence-electron chi connectivity index (χ0n) is 23.4. The van der Waals surface area contributed by atoms with Gasteiger partial charge in [-0.3, -0.25) is 14.4 Å². The van der Waals surface area contributed by atoms with E-state index in [2.05, 4.69) is 4.72 Å². The quantitative estimate of drug-likeness (QED) is 0.235. The summed E-state index contributed by atoms with van der Waals surface area (Å²) in [6.07, 6.45) is 1.83. The molecule has 1 aliphatic carbocycles. The van der Waals surface area contributed by atoms with Crippen molar-refractivity contribution in [1.29, 1.82) is 0 Å². The summed E-state index contributed by atoms with van der Waals surface area (Å²) >= 11 is 0. The number of piperidine rings is 1. The summed E-state index contributed by atoms with van der Waals surface area (Å²) in [6.45, 7) is 9.28. The van der Waals surface area contributed by atoms with Crippen molar-refractivity contribution in [3.05, 3.63) is 0 Å². The molecule has 0 aromatic rings. The van der Waals surface area contributed by atoms with Crippen LogP contribution in [0.1, 0.15) is 73.1 Å². The number of sulfonamides is 1. The van der Waals surface area contributed by atoms with Crippen LogP contribution in [0, 0.1) is 22.7 Å². The first-order valence-corrected chi connectivity index (χ1v) is 14.7. The van der Waals surface area contributed by atoms with Crippen molar-refractivity contribution >= 4 is 33.9 Å². The highest BCUT2D eigenvalue weighted by atomic mass is 32.2. The number of nitrogens with zero attached hydrogens (tertiary/aromatic N) is 1. The molecule has 0 bridgehead atoms. The monoisotopic (exact) mass is 560 g/mol. The molecule has 1 unspecified atom stereocenters. The second kappa shape index (κ2) is 11.8. The minimum atomic E-state index is -3.79. The SMILES string of the molecule is CC[C@H](C)S(=O)(=O)NC[C@@](CCC1CCN(C(=O)OC(C)(C)C)CC1)(C(=O)OC)C1CC1(C(N)=O)C(N)=O. The fourth-order valence-electron chi connectivity index (χ4n) is 5.29. The number of methoxy groups -OCH3 is 1. The maximum absolute atomic E-state index is 13.3. The summed E-state index contributed by atoms with van der Waals surface area (Å²) in [4.78, 5) is 52.0. The third-order valence-electron chi connectivity index (χ3n) is 8.06. The third kappa shape index (κ3) is 6.77.